The summed E-state index contributed by atoms with van der Waals surface area (Å²) >= 11 is 1.53. The number of carbonyl (C=O) groups excluding carboxylic acids is 3. The zero-order valence-electron chi connectivity index (χ0n) is 14.4. The monoisotopic (exact) mass is 378 g/mol. The number of aryl methyl sites for hydroxylation is 2. The predicted octanol–water partition coefficient (Wildman–Crippen LogP) is 2.69. The van der Waals surface area contributed by atoms with Crippen LogP contribution in [0.1, 0.15) is 33.0 Å². The van der Waals surface area contributed by atoms with E-state index in [1.165, 1.54) is 29.5 Å². The van der Waals surface area contributed by atoms with Crippen LogP contribution in [-0.2, 0) is 9.59 Å². The van der Waals surface area contributed by atoms with Crippen LogP contribution in [0.3, 0.4) is 0 Å². The SMILES string of the molecule is Cc1cc(C(=O)CCC(=O)NNC(=O)COc2ccccc2F)c(C)s1. The molecule has 0 aliphatic carbocycles. The van der Waals surface area contributed by atoms with E-state index in [1.807, 2.05) is 19.9 Å². The molecule has 8 heteroatoms. The Labute approximate surface area is 154 Å². The number of nitrogens with one attached hydrogen (secondary N) is 2. The predicted molar refractivity (Wildman–Crippen MR) is 95.5 cm³/mol. The summed E-state index contributed by atoms with van der Waals surface area (Å²) in [5.41, 5.74) is 4.98. The molecule has 2 N–H and O–H groups in total. The first kappa shape index (κ1) is 19.6. The lowest BCUT2D eigenvalue weighted by molar-refractivity contribution is -0.130. The van der Waals surface area contributed by atoms with Crippen LogP contribution in [0.2, 0.25) is 0 Å². The molecule has 2 amide bonds. The molecule has 0 spiro atoms. The zero-order valence-corrected chi connectivity index (χ0v) is 15.2. The molecule has 1 aromatic carbocycles. The van der Waals surface area contributed by atoms with E-state index >= 15 is 0 Å². The number of para-hydroxylation sites is 1. The number of amides is 2. The van der Waals surface area contributed by atoms with Crippen molar-refractivity contribution in [1.82, 2.24) is 10.9 Å². The molecule has 0 fully saturated rings. The summed E-state index contributed by atoms with van der Waals surface area (Å²) in [6, 6.07) is 7.49. The molecule has 6 nitrogen and oxygen atoms in total. The van der Waals surface area contributed by atoms with Gasteiger partial charge in [-0.25, -0.2) is 4.39 Å². The Morgan fingerprint density at radius 1 is 1.08 bits per heavy atom. The minimum Gasteiger partial charge on any atom is -0.481 e. The summed E-state index contributed by atoms with van der Waals surface area (Å²) in [7, 11) is 0. The van der Waals surface area contributed by atoms with Crippen molar-refractivity contribution in [3.63, 3.8) is 0 Å². The molecule has 0 radical (unpaired) electrons. The number of thiophene rings is 1. The van der Waals surface area contributed by atoms with Crippen LogP contribution in [0.4, 0.5) is 4.39 Å². The van der Waals surface area contributed by atoms with Gasteiger partial charge < -0.3 is 4.74 Å². The third-order valence-electron chi connectivity index (χ3n) is 3.46. The highest BCUT2D eigenvalue weighted by Gasteiger charge is 2.14. The Morgan fingerprint density at radius 2 is 1.77 bits per heavy atom. The molecule has 0 saturated carbocycles. The van der Waals surface area contributed by atoms with Gasteiger partial charge in [0.1, 0.15) is 0 Å². The number of rotatable bonds is 7. The number of hydrazine groups is 1. The second kappa shape index (κ2) is 9.10. The minimum atomic E-state index is -0.641. The molecule has 0 saturated heterocycles. The largest absolute Gasteiger partial charge is 0.481 e. The van der Waals surface area contributed by atoms with Gasteiger partial charge >= 0.3 is 0 Å². The molecule has 1 aromatic heterocycles. The summed E-state index contributed by atoms with van der Waals surface area (Å²) < 4.78 is 18.4. The van der Waals surface area contributed by atoms with Crippen molar-refractivity contribution in [1.29, 1.82) is 0 Å². The summed E-state index contributed by atoms with van der Waals surface area (Å²) in [6.45, 7) is 3.33. The molecule has 0 atom stereocenters. The number of carbonyl (C=O) groups is 3. The van der Waals surface area contributed by atoms with Crippen molar-refractivity contribution in [3.05, 3.63) is 51.5 Å². The van der Waals surface area contributed by atoms with Gasteiger partial charge in [-0.3, -0.25) is 25.2 Å². The van der Waals surface area contributed by atoms with Crippen molar-refractivity contribution >= 4 is 28.9 Å². The first-order valence-corrected chi connectivity index (χ1v) is 8.73. The van der Waals surface area contributed by atoms with Crippen LogP contribution in [-0.4, -0.2) is 24.2 Å². The maximum atomic E-state index is 13.3. The molecule has 26 heavy (non-hydrogen) atoms. The standard InChI is InChI=1S/C18H19FN2O4S/c1-11-9-13(12(2)26-11)15(22)7-8-17(23)20-21-18(24)10-25-16-6-4-3-5-14(16)19/h3-6,9H,7-8,10H2,1-2H3,(H,20,23)(H,21,24). The van der Waals surface area contributed by atoms with Crippen LogP contribution in [0.5, 0.6) is 5.75 Å². The molecule has 0 aliphatic heterocycles. The quantitative estimate of drug-likeness (QED) is 0.573. The summed E-state index contributed by atoms with van der Waals surface area (Å²) in [5.74, 6) is -1.89. The van der Waals surface area contributed by atoms with Crippen LogP contribution in [0.15, 0.2) is 30.3 Å². The van der Waals surface area contributed by atoms with E-state index in [2.05, 4.69) is 10.9 Å². The van der Waals surface area contributed by atoms with Crippen molar-refractivity contribution in [2.45, 2.75) is 26.7 Å². The summed E-state index contributed by atoms with van der Waals surface area (Å²) in [4.78, 5) is 37.4. The van der Waals surface area contributed by atoms with E-state index in [4.69, 9.17) is 4.74 Å². The third kappa shape index (κ3) is 5.66. The highest BCUT2D eigenvalue weighted by atomic mass is 32.1. The Bertz CT molecular complexity index is 819. The maximum Gasteiger partial charge on any atom is 0.276 e. The molecule has 2 rings (SSSR count). The number of ketones is 1. The van der Waals surface area contributed by atoms with Gasteiger partial charge in [-0.2, -0.15) is 0 Å². The van der Waals surface area contributed by atoms with Crippen LogP contribution >= 0.6 is 11.3 Å². The van der Waals surface area contributed by atoms with Crippen molar-refractivity contribution in [2.75, 3.05) is 6.61 Å². The number of halogens is 1. The average Bonchev–Trinajstić information content (AvgIpc) is 2.95. The average molecular weight is 378 g/mol. The third-order valence-corrected chi connectivity index (χ3v) is 4.42. The maximum absolute atomic E-state index is 13.3. The molecule has 0 bridgehead atoms. The summed E-state index contributed by atoms with van der Waals surface area (Å²) in [6.07, 6.45) is -0.00788. The van der Waals surface area contributed by atoms with E-state index < -0.39 is 24.2 Å². The zero-order chi connectivity index (χ0) is 19.1. The summed E-state index contributed by atoms with van der Waals surface area (Å²) in [5, 5.41) is 0. The Hall–Kier alpha value is -2.74. The first-order valence-electron chi connectivity index (χ1n) is 7.92. The van der Waals surface area contributed by atoms with E-state index in [9.17, 15) is 18.8 Å². The second-order valence-electron chi connectivity index (χ2n) is 5.57. The highest BCUT2D eigenvalue weighted by Crippen LogP contribution is 2.22. The van der Waals surface area contributed by atoms with Crippen LogP contribution in [0.25, 0.3) is 0 Å². The lowest BCUT2D eigenvalue weighted by Crippen LogP contribution is -2.43. The molecule has 2 aromatic rings. The fourth-order valence-corrected chi connectivity index (χ4v) is 3.15. The van der Waals surface area contributed by atoms with Crippen molar-refractivity contribution in [3.8, 4) is 5.75 Å². The molecular formula is C18H19FN2O4S. The second-order valence-corrected chi connectivity index (χ2v) is 7.03. The first-order chi connectivity index (χ1) is 12.4. The fraction of sp³-hybridized carbons (Fsp3) is 0.278. The van der Waals surface area contributed by atoms with Crippen molar-refractivity contribution in [2.24, 2.45) is 0 Å². The topological polar surface area (TPSA) is 84.5 Å². The van der Waals surface area contributed by atoms with Gasteiger partial charge in [0.15, 0.2) is 24.0 Å². The normalized spacial score (nSPS) is 10.3. The van der Waals surface area contributed by atoms with Gasteiger partial charge in [0.25, 0.3) is 5.91 Å². The van der Waals surface area contributed by atoms with E-state index in [1.54, 1.807) is 6.07 Å². The number of hydrogen-bond donors (Lipinski definition) is 2. The molecule has 0 aliphatic rings. The van der Waals surface area contributed by atoms with Crippen LogP contribution < -0.4 is 15.6 Å². The Balaban J connectivity index is 1.69. The Kier molecular flexibility index (Phi) is 6.85. The van der Waals surface area contributed by atoms with E-state index in [0.29, 0.717) is 5.56 Å². The van der Waals surface area contributed by atoms with Gasteiger partial charge in [0.05, 0.1) is 0 Å². The van der Waals surface area contributed by atoms with Gasteiger partial charge in [-0.15, -0.1) is 11.3 Å². The Morgan fingerprint density at radius 3 is 2.42 bits per heavy atom. The van der Waals surface area contributed by atoms with Gasteiger partial charge in [0, 0.05) is 28.2 Å². The smallest absolute Gasteiger partial charge is 0.276 e. The molecule has 0 unspecified atom stereocenters. The van der Waals surface area contributed by atoms with Gasteiger partial charge in [0.2, 0.25) is 5.91 Å². The molecular weight excluding hydrogens is 359 g/mol. The van der Waals surface area contributed by atoms with Crippen molar-refractivity contribution < 1.29 is 23.5 Å². The minimum absolute atomic E-state index is 0.0461. The highest BCUT2D eigenvalue weighted by molar-refractivity contribution is 7.12. The number of hydrogen-bond acceptors (Lipinski definition) is 5. The number of Topliss-reactive ketones (excluding diaryl/α,β-unsaturated/α-hetero) is 1. The lowest BCUT2D eigenvalue weighted by Gasteiger charge is -2.09. The van der Waals surface area contributed by atoms with Crippen LogP contribution in [0, 0.1) is 19.7 Å². The lowest BCUT2D eigenvalue weighted by atomic mass is 10.1. The van der Waals surface area contributed by atoms with Gasteiger partial charge in [-0.05, 0) is 32.0 Å². The molecule has 138 valence electrons. The molecule has 1 heterocycles. The fourth-order valence-electron chi connectivity index (χ4n) is 2.21. The van der Waals surface area contributed by atoms with Gasteiger partial charge in [-0.1, -0.05) is 12.1 Å². The number of ether oxygens (including phenoxy) is 1. The van der Waals surface area contributed by atoms with E-state index in [-0.39, 0.29) is 24.4 Å². The van der Waals surface area contributed by atoms with E-state index in [0.717, 1.165) is 9.75 Å². The number of benzene rings is 1.